The molecular formula is C15H17N3O2S3. The zero-order chi connectivity index (χ0) is 16.1. The van der Waals surface area contributed by atoms with E-state index >= 15 is 0 Å². The predicted octanol–water partition coefficient (Wildman–Crippen LogP) is 2.95. The third-order valence-electron chi connectivity index (χ3n) is 3.43. The van der Waals surface area contributed by atoms with Crippen LogP contribution >= 0.6 is 34.9 Å². The first kappa shape index (κ1) is 16.8. The second kappa shape index (κ2) is 8.14. The minimum absolute atomic E-state index is 0.116. The van der Waals surface area contributed by atoms with Gasteiger partial charge in [-0.25, -0.2) is 0 Å². The fourth-order valence-electron chi connectivity index (χ4n) is 2.27. The number of amides is 1. The number of aromatic nitrogens is 2. The lowest BCUT2D eigenvalue weighted by atomic mass is 10.1. The lowest BCUT2D eigenvalue weighted by molar-refractivity contribution is -0.134. The molecule has 122 valence electrons. The van der Waals surface area contributed by atoms with E-state index in [1.165, 1.54) is 23.1 Å². The van der Waals surface area contributed by atoms with Crippen molar-refractivity contribution in [1.29, 1.82) is 0 Å². The summed E-state index contributed by atoms with van der Waals surface area (Å²) in [6.45, 7) is 2.50. The Morgan fingerprint density at radius 1 is 1.22 bits per heavy atom. The lowest BCUT2D eigenvalue weighted by Gasteiger charge is -2.30. The first-order valence-corrected chi connectivity index (χ1v) is 10.2. The van der Waals surface area contributed by atoms with Crippen molar-refractivity contribution in [1.82, 2.24) is 15.1 Å². The molecule has 1 atom stereocenters. The Kier molecular flexibility index (Phi) is 5.93. The highest BCUT2D eigenvalue weighted by Gasteiger charge is 2.29. The van der Waals surface area contributed by atoms with Gasteiger partial charge in [0, 0.05) is 13.1 Å². The SMILES string of the molecule is CSc1nnc(SC(C(=O)N2CCOCC2)c2ccccc2)s1. The molecule has 1 amide bonds. The Morgan fingerprint density at radius 2 is 1.91 bits per heavy atom. The van der Waals surface area contributed by atoms with Gasteiger partial charge in [0.1, 0.15) is 5.25 Å². The van der Waals surface area contributed by atoms with E-state index in [-0.39, 0.29) is 11.2 Å². The number of thioether (sulfide) groups is 2. The van der Waals surface area contributed by atoms with Gasteiger partial charge >= 0.3 is 0 Å². The van der Waals surface area contributed by atoms with Crippen LogP contribution in [-0.2, 0) is 9.53 Å². The maximum absolute atomic E-state index is 13.0. The average Bonchev–Trinajstić information content (AvgIpc) is 3.08. The Bertz CT molecular complexity index is 644. The number of benzene rings is 1. The number of hydrogen-bond donors (Lipinski definition) is 0. The summed E-state index contributed by atoms with van der Waals surface area (Å²) in [4.78, 5) is 14.9. The highest BCUT2D eigenvalue weighted by molar-refractivity contribution is 8.03. The second-order valence-electron chi connectivity index (χ2n) is 4.88. The molecule has 1 fully saturated rings. The quantitative estimate of drug-likeness (QED) is 0.758. The number of hydrogen-bond acceptors (Lipinski definition) is 7. The van der Waals surface area contributed by atoms with Crippen LogP contribution in [0.25, 0.3) is 0 Å². The molecule has 0 aliphatic carbocycles. The van der Waals surface area contributed by atoms with E-state index in [2.05, 4.69) is 10.2 Å². The van der Waals surface area contributed by atoms with E-state index in [1.54, 1.807) is 11.8 Å². The highest BCUT2D eigenvalue weighted by Crippen LogP contribution is 2.39. The molecular weight excluding hydrogens is 350 g/mol. The lowest BCUT2D eigenvalue weighted by Crippen LogP contribution is -2.42. The van der Waals surface area contributed by atoms with Gasteiger partial charge in [0.05, 0.1) is 13.2 Å². The Morgan fingerprint density at radius 3 is 2.57 bits per heavy atom. The van der Waals surface area contributed by atoms with Gasteiger partial charge in [0.25, 0.3) is 0 Å². The molecule has 23 heavy (non-hydrogen) atoms. The summed E-state index contributed by atoms with van der Waals surface area (Å²) in [7, 11) is 0. The molecule has 0 spiro atoms. The second-order valence-corrected chi connectivity index (χ2v) is 8.27. The van der Waals surface area contributed by atoms with Crippen LogP contribution < -0.4 is 0 Å². The van der Waals surface area contributed by atoms with Crippen LogP contribution in [0.3, 0.4) is 0 Å². The Labute approximate surface area is 147 Å². The molecule has 1 aliphatic rings. The van der Waals surface area contributed by atoms with Crippen molar-refractivity contribution in [2.75, 3.05) is 32.6 Å². The third-order valence-corrected chi connectivity index (χ3v) is 6.66. The standard InChI is InChI=1S/C15H17N3O2S3/c1-21-14-16-17-15(23-14)22-12(11-5-3-2-4-6-11)13(19)18-7-9-20-10-8-18/h2-6,12H,7-10H2,1H3. The minimum atomic E-state index is -0.294. The molecule has 8 heteroatoms. The van der Waals surface area contributed by atoms with Crippen molar-refractivity contribution in [3.05, 3.63) is 35.9 Å². The zero-order valence-electron chi connectivity index (χ0n) is 12.7. The number of carbonyl (C=O) groups excluding carboxylic acids is 1. The maximum Gasteiger partial charge on any atom is 0.240 e. The summed E-state index contributed by atoms with van der Waals surface area (Å²) in [6.07, 6.45) is 1.97. The molecule has 0 bridgehead atoms. The van der Waals surface area contributed by atoms with Crippen LogP contribution in [0.1, 0.15) is 10.8 Å². The minimum Gasteiger partial charge on any atom is -0.378 e. The van der Waals surface area contributed by atoms with Gasteiger partial charge in [0.15, 0.2) is 8.68 Å². The van der Waals surface area contributed by atoms with E-state index in [1.807, 2.05) is 41.5 Å². The summed E-state index contributed by atoms with van der Waals surface area (Å²) >= 11 is 4.58. The van der Waals surface area contributed by atoms with Crippen molar-refractivity contribution in [3.8, 4) is 0 Å². The summed E-state index contributed by atoms with van der Waals surface area (Å²) < 4.78 is 7.09. The highest BCUT2D eigenvalue weighted by atomic mass is 32.2. The zero-order valence-corrected chi connectivity index (χ0v) is 15.1. The number of carbonyl (C=O) groups is 1. The fraction of sp³-hybridized carbons (Fsp3) is 0.400. The van der Waals surface area contributed by atoms with Crippen LogP contribution in [0, 0.1) is 0 Å². The molecule has 0 saturated carbocycles. The van der Waals surface area contributed by atoms with Crippen molar-refractivity contribution < 1.29 is 9.53 Å². The number of ether oxygens (including phenoxy) is 1. The molecule has 1 aromatic heterocycles. The first-order chi connectivity index (χ1) is 11.3. The van der Waals surface area contributed by atoms with Gasteiger partial charge in [0.2, 0.25) is 5.91 Å². The van der Waals surface area contributed by atoms with Gasteiger partial charge in [-0.1, -0.05) is 65.2 Å². The van der Waals surface area contributed by atoms with Crippen molar-refractivity contribution in [2.24, 2.45) is 0 Å². The normalized spacial score (nSPS) is 16.3. The van der Waals surface area contributed by atoms with E-state index in [0.29, 0.717) is 26.3 Å². The molecule has 1 aromatic carbocycles. The third kappa shape index (κ3) is 4.26. The summed E-state index contributed by atoms with van der Waals surface area (Å²) in [6, 6.07) is 9.87. The van der Waals surface area contributed by atoms with Gasteiger partial charge in [-0.3, -0.25) is 4.79 Å². The van der Waals surface area contributed by atoms with Gasteiger partial charge in [-0.2, -0.15) is 0 Å². The van der Waals surface area contributed by atoms with E-state index in [4.69, 9.17) is 4.74 Å². The predicted molar refractivity (Wildman–Crippen MR) is 94.1 cm³/mol. The maximum atomic E-state index is 13.0. The van der Waals surface area contributed by atoms with Crippen LogP contribution in [0.5, 0.6) is 0 Å². The smallest absolute Gasteiger partial charge is 0.240 e. The van der Waals surface area contributed by atoms with Crippen LogP contribution in [-0.4, -0.2) is 53.6 Å². The molecule has 1 aliphatic heterocycles. The fourth-order valence-corrected chi connectivity index (χ4v) is 4.98. The molecule has 5 nitrogen and oxygen atoms in total. The first-order valence-electron chi connectivity index (χ1n) is 7.23. The van der Waals surface area contributed by atoms with Crippen LogP contribution in [0.15, 0.2) is 39.0 Å². The number of rotatable bonds is 5. The monoisotopic (exact) mass is 367 g/mol. The summed E-state index contributed by atoms with van der Waals surface area (Å²) in [5, 5.41) is 8.02. The molecule has 1 saturated heterocycles. The van der Waals surface area contributed by atoms with E-state index < -0.39 is 0 Å². The van der Waals surface area contributed by atoms with Crippen LogP contribution in [0.4, 0.5) is 0 Å². The van der Waals surface area contributed by atoms with E-state index in [9.17, 15) is 4.79 Å². The van der Waals surface area contributed by atoms with E-state index in [0.717, 1.165) is 14.2 Å². The van der Waals surface area contributed by atoms with Crippen molar-refractivity contribution in [2.45, 2.75) is 13.9 Å². The van der Waals surface area contributed by atoms with Gasteiger partial charge < -0.3 is 9.64 Å². The van der Waals surface area contributed by atoms with Crippen LogP contribution in [0.2, 0.25) is 0 Å². The number of morpholine rings is 1. The Hall–Kier alpha value is -1.09. The molecule has 3 rings (SSSR count). The average molecular weight is 368 g/mol. The summed E-state index contributed by atoms with van der Waals surface area (Å²) in [5.41, 5.74) is 0.995. The molecule has 1 unspecified atom stereocenters. The molecule has 2 heterocycles. The van der Waals surface area contributed by atoms with Crippen molar-refractivity contribution in [3.63, 3.8) is 0 Å². The van der Waals surface area contributed by atoms with Gasteiger partial charge in [-0.05, 0) is 11.8 Å². The van der Waals surface area contributed by atoms with Gasteiger partial charge in [-0.15, -0.1) is 10.2 Å². The molecule has 0 N–H and O–H groups in total. The molecule has 2 aromatic rings. The Balaban J connectivity index is 1.82. The topological polar surface area (TPSA) is 55.3 Å². The summed E-state index contributed by atoms with van der Waals surface area (Å²) in [5.74, 6) is 0.116. The van der Waals surface area contributed by atoms with Crippen molar-refractivity contribution >= 4 is 40.8 Å². The number of nitrogens with zero attached hydrogens (tertiary/aromatic N) is 3. The molecule has 0 radical (unpaired) electrons. The largest absolute Gasteiger partial charge is 0.378 e.